The first kappa shape index (κ1) is 10.5. The second-order valence-corrected chi connectivity index (χ2v) is 4.02. The molecule has 0 spiro atoms. The van der Waals surface area contributed by atoms with Crippen LogP contribution in [0.15, 0.2) is 22.1 Å². The van der Waals surface area contributed by atoms with Gasteiger partial charge in [0.05, 0.1) is 11.5 Å². The van der Waals surface area contributed by atoms with Gasteiger partial charge in [-0.25, -0.2) is 0 Å². The summed E-state index contributed by atoms with van der Waals surface area (Å²) in [4.78, 5) is 10.5. The summed E-state index contributed by atoms with van der Waals surface area (Å²) in [6.07, 6.45) is 2.29. The number of rotatable bonds is 3. The number of nitriles is 1. The number of furan rings is 1. The minimum atomic E-state index is -1.49. The Hall–Kier alpha value is -2.02. The Labute approximate surface area is 92.8 Å². The molecular weight excluding hydrogens is 206 g/mol. The van der Waals surface area contributed by atoms with Crippen molar-refractivity contribution >= 4 is 12.0 Å². The molecule has 1 aliphatic rings. The van der Waals surface area contributed by atoms with Gasteiger partial charge in [0.15, 0.2) is 0 Å². The van der Waals surface area contributed by atoms with Crippen molar-refractivity contribution in [3.05, 3.63) is 29.2 Å². The molecule has 82 valence electrons. The van der Waals surface area contributed by atoms with E-state index in [0.717, 1.165) is 12.2 Å². The zero-order chi connectivity index (χ0) is 11.7. The van der Waals surface area contributed by atoms with Crippen LogP contribution in [0.1, 0.15) is 30.8 Å². The van der Waals surface area contributed by atoms with Gasteiger partial charge in [0.1, 0.15) is 17.6 Å². The van der Waals surface area contributed by atoms with Gasteiger partial charge >= 0.3 is 0 Å². The molecule has 0 saturated heterocycles. The molecule has 0 N–H and O–H groups in total. The topological polar surface area (TPSA) is 77.1 Å². The van der Waals surface area contributed by atoms with Gasteiger partial charge in [-0.05, 0) is 24.5 Å². The second-order valence-electron chi connectivity index (χ2n) is 4.02. The third-order valence-electron chi connectivity index (χ3n) is 2.75. The molecular formula is C12H10NO3-. The highest BCUT2D eigenvalue weighted by Gasteiger charge is 2.36. The van der Waals surface area contributed by atoms with E-state index in [4.69, 9.17) is 9.68 Å². The van der Waals surface area contributed by atoms with Crippen molar-refractivity contribution in [2.24, 2.45) is 5.92 Å². The quantitative estimate of drug-likeness (QED) is 0.559. The number of aliphatic carboxylic acids is 1. The zero-order valence-corrected chi connectivity index (χ0v) is 8.77. The predicted octanol–water partition coefficient (Wildman–Crippen LogP) is 1.06. The molecule has 0 amide bonds. The Morgan fingerprint density at radius 3 is 2.88 bits per heavy atom. The van der Waals surface area contributed by atoms with Gasteiger partial charge in [0, 0.05) is 12.0 Å². The molecule has 0 bridgehead atoms. The maximum absolute atomic E-state index is 10.5. The second kappa shape index (κ2) is 3.86. The van der Waals surface area contributed by atoms with Crippen LogP contribution in [0, 0.1) is 17.2 Å². The molecule has 0 radical (unpaired) electrons. The van der Waals surface area contributed by atoms with Gasteiger partial charge in [-0.3, -0.25) is 0 Å². The number of hydrogen-bond donors (Lipinski definition) is 0. The summed E-state index contributed by atoms with van der Waals surface area (Å²) >= 11 is 0. The highest BCUT2D eigenvalue weighted by atomic mass is 16.4. The number of hydrogen-bond acceptors (Lipinski definition) is 4. The maximum atomic E-state index is 10.5. The maximum Gasteiger partial charge on any atom is 0.128 e. The molecule has 1 heterocycles. The largest absolute Gasteiger partial charge is 0.544 e. The lowest BCUT2D eigenvalue weighted by molar-refractivity contribution is -0.298. The van der Waals surface area contributed by atoms with Crippen LogP contribution >= 0.6 is 0 Å². The fourth-order valence-corrected chi connectivity index (χ4v) is 1.64. The summed E-state index contributed by atoms with van der Waals surface area (Å²) in [5, 5.41) is 19.0. The van der Waals surface area contributed by atoms with E-state index < -0.39 is 11.5 Å². The summed E-state index contributed by atoms with van der Waals surface area (Å²) < 4.78 is 5.44. The van der Waals surface area contributed by atoms with Crippen LogP contribution < -0.4 is 5.11 Å². The smallest absolute Gasteiger partial charge is 0.128 e. The summed E-state index contributed by atoms with van der Waals surface area (Å²) in [5.74, 6) is 0.819. The van der Waals surface area contributed by atoms with Crippen LogP contribution in [0.4, 0.5) is 0 Å². The van der Waals surface area contributed by atoms with Crippen LogP contribution in [-0.2, 0) is 4.79 Å². The van der Waals surface area contributed by atoms with Crippen molar-refractivity contribution in [1.29, 1.82) is 5.26 Å². The molecule has 1 aliphatic carbocycles. The van der Waals surface area contributed by atoms with Gasteiger partial charge < -0.3 is 14.3 Å². The standard InChI is InChI=1S/C12H11NO3/c1-7-4-10(7)11-3-2-9(16-11)5-8(6-13)12(14)15/h2-3,5,7,10H,4H2,1H3,(H,14,15)/p-1/b8-5+/t7-,10+/m1/s1. The zero-order valence-electron chi connectivity index (χ0n) is 8.77. The Bertz CT molecular complexity index is 493. The van der Waals surface area contributed by atoms with Gasteiger partial charge in [0.25, 0.3) is 0 Å². The van der Waals surface area contributed by atoms with Gasteiger partial charge in [-0.2, -0.15) is 5.26 Å². The molecule has 0 aliphatic heterocycles. The first-order valence-corrected chi connectivity index (χ1v) is 5.04. The predicted molar refractivity (Wildman–Crippen MR) is 53.8 cm³/mol. The molecule has 1 fully saturated rings. The molecule has 4 heteroatoms. The van der Waals surface area contributed by atoms with Crippen molar-refractivity contribution in [2.45, 2.75) is 19.3 Å². The monoisotopic (exact) mass is 216 g/mol. The minimum absolute atomic E-state index is 0.384. The highest BCUT2D eigenvalue weighted by Crippen LogP contribution is 2.47. The summed E-state index contributed by atoms with van der Waals surface area (Å²) in [7, 11) is 0. The van der Waals surface area contributed by atoms with Crippen molar-refractivity contribution in [3.8, 4) is 6.07 Å². The van der Waals surface area contributed by atoms with E-state index >= 15 is 0 Å². The lowest BCUT2D eigenvalue weighted by atomic mass is 10.2. The molecule has 2 atom stereocenters. The molecule has 1 saturated carbocycles. The van der Waals surface area contributed by atoms with E-state index in [0.29, 0.717) is 17.6 Å². The van der Waals surface area contributed by atoms with Crippen molar-refractivity contribution in [1.82, 2.24) is 0 Å². The van der Waals surface area contributed by atoms with Crippen molar-refractivity contribution in [2.75, 3.05) is 0 Å². The van der Waals surface area contributed by atoms with E-state index in [1.165, 1.54) is 6.08 Å². The lowest BCUT2D eigenvalue weighted by Crippen LogP contribution is -2.23. The Morgan fingerprint density at radius 1 is 1.69 bits per heavy atom. The van der Waals surface area contributed by atoms with Gasteiger partial charge in [0.2, 0.25) is 0 Å². The average molecular weight is 216 g/mol. The number of carboxylic acid groups (broad SMARTS) is 1. The molecule has 2 rings (SSSR count). The van der Waals surface area contributed by atoms with Crippen LogP contribution in [0.5, 0.6) is 0 Å². The Balaban J connectivity index is 2.19. The third-order valence-corrected chi connectivity index (χ3v) is 2.75. The van der Waals surface area contributed by atoms with Crippen LogP contribution in [-0.4, -0.2) is 5.97 Å². The molecule has 16 heavy (non-hydrogen) atoms. The molecule has 1 aromatic heterocycles. The molecule has 1 aromatic rings. The summed E-state index contributed by atoms with van der Waals surface area (Å²) in [5.41, 5.74) is -0.426. The van der Waals surface area contributed by atoms with Gasteiger partial charge in [-0.1, -0.05) is 6.92 Å². The fraction of sp³-hybridized carbons (Fsp3) is 0.333. The van der Waals surface area contributed by atoms with E-state index in [1.807, 2.05) is 6.07 Å². The fourth-order valence-electron chi connectivity index (χ4n) is 1.64. The summed E-state index contributed by atoms with van der Waals surface area (Å²) in [6, 6.07) is 5.04. The van der Waals surface area contributed by atoms with Crippen LogP contribution in [0.25, 0.3) is 6.08 Å². The molecule has 0 aromatic carbocycles. The average Bonchev–Trinajstić information content (AvgIpc) is 2.79. The third kappa shape index (κ3) is 1.98. The first-order valence-electron chi connectivity index (χ1n) is 5.04. The molecule has 0 unspecified atom stereocenters. The normalized spacial score (nSPS) is 23.9. The highest BCUT2D eigenvalue weighted by molar-refractivity contribution is 5.94. The van der Waals surface area contributed by atoms with E-state index in [-0.39, 0.29) is 0 Å². The van der Waals surface area contributed by atoms with Crippen molar-refractivity contribution < 1.29 is 14.3 Å². The Morgan fingerprint density at radius 2 is 2.38 bits per heavy atom. The number of carbonyl (C=O) groups is 1. The van der Waals surface area contributed by atoms with E-state index in [1.54, 1.807) is 12.1 Å². The first-order chi connectivity index (χ1) is 7.61. The van der Waals surface area contributed by atoms with E-state index in [9.17, 15) is 9.90 Å². The SMILES string of the molecule is C[C@@H]1C[C@@H]1c1ccc(/C=C(\C#N)C(=O)[O-])o1. The number of nitrogens with zero attached hydrogens (tertiary/aromatic N) is 1. The van der Waals surface area contributed by atoms with E-state index in [2.05, 4.69) is 6.92 Å². The number of carboxylic acids is 1. The summed E-state index contributed by atoms with van der Waals surface area (Å²) in [6.45, 7) is 2.13. The van der Waals surface area contributed by atoms with Crippen LogP contribution in [0.3, 0.4) is 0 Å². The van der Waals surface area contributed by atoms with Gasteiger partial charge in [-0.15, -0.1) is 0 Å². The Kier molecular flexibility index (Phi) is 2.53. The number of carbonyl (C=O) groups excluding carboxylic acids is 1. The lowest BCUT2D eigenvalue weighted by Gasteiger charge is -1.96. The molecule has 4 nitrogen and oxygen atoms in total. The minimum Gasteiger partial charge on any atom is -0.544 e. The van der Waals surface area contributed by atoms with Crippen molar-refractivity contribution in [3.63, 3.8) is 0 Å². The van der Waals surface area contributed by atoms with Crippen LogP contribution in [0.2, 0.25) is 0 Å².